The van der Waals surface area contributed by atoms with Gasteiger partial charge in [0.25, 0.3) is 0 Å². The first-order valence-electron chi connectivity index (χ1n) is 19.2. The molecular weight excluding hydrogens is 695 g/mol. The number of fused-ring (bicyclic) bond motifs is 7. The van der Waals surface area contributed by atoms with Crippen molar-refractivity contribution in [3.05, 3.63) is 213 Å². The lowest BCUT2D eigenvalue weighted by molar-refractivity contribution is 1.08. The second-order valence-electron chi connectivity index (χ2n) is 14.3. The number of rotatable bonds is 7. The molecule has 7 aromatic carbocycles. The first kappa shape index (κ1) is 32.7. The summed E-state index contributed by atoms with van der Waals surface area (Å²) in [4.78, 5) is 12.1. The highest BCUT2D eigenvalue weighted by Gasteiger charge is 2.23. The third-order valence-corrected chi connectivity index (χ3v) is 11.0. The molecule has 11 rings (SSSR count). The van der Waals surface area contributed by atoms with Gasteiger partial charge in [-0.2, -0.15) is 0 Å². The van der Waals surface area contributed by atoms with Crippen molar-refractivity contribution in [3.63, 3.8) is 0 Å². The Morgan fingerprint density at radius 1 is 0.368 bits per heavy atom. The van der Waals surface area contributed by atoms with Gasteiger partial charge in [0.05, 0.1) is 27.8 Å². The van der Waals surface area contributed by atoms with Crippen LogP contribution in [-0.2, 0) is 0 Å². The van der Waals surface area contributed by atoms with Crippen molar-refractivity contribution in [2.45, 2.75) is 0 Å². The largest absolute Gasteiger partial charge is 0.310 e. The highest BCUT2D eigenvalue weighted by Crippen LogP contribution is 2.44. The van der Waals surface area contributed by atoms with Gasteiger partial charge in [0.1, 0.15) is 5.82 Å². The Balaban J connectivity index is 1.16. The average Bonchev–Trinajstić information content (AvgIpc) is 3.80. The van der Waals surface area contributed by atoms with Crippen LogP contribution in [-0.4, -0.2) is 19.1 Å². The van der Waals surface area contributed by atoms with Crippen LogP contribution in [0.15, 0.2) is 213 Å². The Labute approximate surface area is 330 Å². The molecule has 0 atom stereocenters. The molecule has 0 N–H and O–H groups in total. The van der Waals surface area contributed by atoms with Gasteiger partial charge in [-0.05, 0) is 96.1 Å². The molecule has 5 heteroatoms. The number of anilines is 3. The number of hydrogen-bond donors (Lipinski definition) is 0. The molecule has 0 amide bonds. The molecule has 0 aliphatic rings. The zero-order chi connectivity index (χ0) is 37.7. The van der Waals surface area contributed by atoms with E-state index in [1.807, 2.05) is 24.5 Å². The molecule has 0 spiro atoms. The Kier molecular flexibility index (Phi) is 7.74. The Bertz CT molecular complexity index is 3220. The van der Waals surface area contributed by atoms with Gasteiger partial charge in [-0.15, -0.1) is 0 Å². The molecule has 0 radical (unpaired) electrons. The number of hydrogen-bond acceptors (Lipinski definition) is 3. The topological polar surface area (TPSA) is 38.9 Å². The molecule has 0 bridgehead atoms. The number of para-hydroxylation sites is 3. The maximum absolute atomic E-state index is 4.93. The van der Waals surface area contributed by atoms with E-state index in [1.165, 1.54) is 32.8 Å². The van der Waals surface area contributed by atoms with Crippen LogP contribution in [0, 0.1) is 0 Å². The zero-order valence-corrected chi connectivity index (χ0v) is 30.9. The van der Waals surface area contributed by atoms with Crippen LogP contribution in [0.3, 0.4) is 0 Å². The molecule has 5 nitrogen and oxygen atoms in total. The van der Waals surface area contributed by atoms with Crippen molar-refractivity contribution in [1.82, 2.24) is 19.1 Å². The molecule has 0 saturated carbocycles. The SMILES string of the molecule is c1ccc(-c2ccnc(-c3cccc(N(c4ccccc4)c4ccc5c6c(ccc7c8ccccc8n(-c8ccccc8)c76)n(-c6ccccn6)c5c4)c3)c2)cc1. The van der Waals surface area contributed by atoms with Crippen molar-refractivity contribution in [2.75, 3.05) is 4.90 Å². The summed E-state index contributed by atoms with van der Waals surface area (Å²) in [6, 6.07) is 71.0. The summed E-state index contributed by atoms with van der Waals surface area (Å²) in [5, 5.41) is 4.80. The summed E-state index contributed by atoms with van der Waals surface area (Å²) in [7, 11) is 0. The Morgan fingerprint density at radius 3 is 1.89 bits per heavy atom. The predicted molar refractivity (Wildman–Crippen MR) is 236 cm³/mol. The lowest BCUT2D eigenvalue weighted by Crippen LogP contribution is -2.10. The van der Waals surface area contributed by atoms with Crippen LogP contribution in [0.1, 0.15) is 0 Å². The smallest absolute Gasteiger partial charge is 0.137 e. The van der Waals surface area contributed by atoms with Crippen molar-refractivity contribution in [1.29, 1.82) is 0 Å². The van der Waals surface area contributed by atoms with Crippen LogP contribution in [0.2, 0.25) is 0 Å². The Hall–Kier alpha value is -7.76. The van der Waals surface area contributed by atoms with Crippen LogP contribution < -0.4 is 4.90 Å². The number of benzene rings is 7. The molecule has 0 aliphatic heterocycles. The highest BCUT2D eigenvalue weighted by molar-refractivity contribution is 6.26. The van der Waals surface area contributed by atoms with Crippen LogP contribution in [0.25, 0.3) is 77.5 Å². The van der Waals surface area contributed by atoms with Gasteiger partial charge in [0.15, 0.2) is 0 Å². The van der Waals surface area contributed by atoms with Crippen LogP contribution in [0.4, 0.5) is 17.1 Å². The van der Waals surface area contributed by atoms with Crippen molar-refractivity contribution >= 4 is 60.7 Å². The molecule has 268 valence electrons. The molecule has 11 aromatic rings. The highest BCUT2D eigenvalue weighted by atomic mass is 15.1. The molecule has 57 heavy (non-hydrogen) atoms. The molecule has 0 aliphatic carbocycles. The van der Waals surface area contributed by atoms with E-state index in [0.717, 1.165) is 61.8 Å². The second kappa shape index (κ2) is 13.5. The maximum Gasteiger partial charge on any atom is 0.137 e. The first-order chi connectivity index (χ1) is 28.3. The quantitative estimate of drug-likeness (QED) is 0.164. The minimum absolute atomic E-state index is 0.869. The lowest BCUT2D eigenvalue weighted by atomic mass is 10.0. The van der Waals surface area contributed by atoms with Crippen molar-refractivity contribution in [3.8, 4) is 33.9 Å². The number of nitrogens with zero attached hydrogens (tertiary/aromatic N) is 5. The van der Waals surface area contributed by atoms with Gasteiger partial charge in [0, 0.05) is 62.3 Å². The van der Waals surface area contributed by atoms with E-state index < -0.39 is 0 Å². The van der Waals surface area contributed by atoms with E-state index in [-0.39, 0.29) is 0 Å². The Morgan fingerprint density at radius 2 is 1.07 bits per heavy atom. The maximum atomic E-state index is 4.93. The standard InChI is InChI=1S/C52H35N5/c1-4-15-36(16-5-1)37-30-32-53-46(34-37)38-17-14-22-41(33-38)55(39-18-6-2-7-19-39)42-26-27-45-49(35-42)57(50-25-12-13-31-54-50)48-29-28-44-43-23-10-11-24-47(43)56(52(44)51(45)48)40-20-8-3-9-21-40/h1-35H. The van der Waals surface area contributed by atoms with Crippen LogP contribution >= 0.6 is 0 Å². The van der Waals surface area contributed by atoms with Gasteiger partial charge in [0.2, 0.25) is 0 Å². The van der Waals surface area contributed by atoms with E-state index in [1.54, 1.807) is 0 Å². The first-order valence-corrected chi connectivity index (χ1v) is 19.2. The van der Waals surface area contributed by atoms with Gasteiger partial charge in [-0.25, -0.2) is 4.98 Å². The molecule has 4 heterocycles. The minimum Gasteiger partial charge on any atom is -0.310 e. The third kappa shape index (κ3) is 5.48. The molecule has 0 saturated heterocycles. The summed E-state index contributed by atoms with van der Waals surface area (Å²) in [5.74, 6) is 0.869. The van der Waals surface area contributed by atoms with Gasteiger partial charge in [-0.3, -0.25) is 9.55 Å². The molecule has 0 unspecified atom stereocenters. The average molecular weight is 730 g/mol. The third-order valence-electron chi connectivity index (χ3n) is 11.0. The van der Waals surface area contributed by atoms with Gasteiger partial charge in [-0.1, -0.05) is 115 Å². The van der Waals surface area contributed by atoms with E-state index in [9.17, 15) is 0 Å². The molecule has 4 aromatic heterocycles. The molecular formula is C52H35N5. The fraction of sp³-hybridized carbons (Fsp3) is 0. The second-order valence-corrected chi connectivity index (χ2v) is 14.3. The number of aromatic nitrogens is 4. The van der Waals surface area contributed by atoms with Crippen molar-refractivity contribution in [2.24, 2.45) is 0 Å². The fourth-order valence-electron chi connectivity index (χ4n) is 8.49. The minimum atomic E-state index is 0.869. The zero-order valence-electron chi connectivity index (χ0n) is 30.9. The fourth-order valence-corrected chi connectivity index (χ4v) is 8.49. The van der Waals surface area contributed by atoms with Gasteiger partial charge >= 0.3 is 0 Å². The normalized spacial score (nSPS) is 11.5. The summed E-state index contributed by atoms with van der Waals surface area (Å²) < 4.78 is 4.74. The van der Waals surface area contributed by atoms with E-state index in [4.69, 9.17) is 9.97 Å². The van der Waals surface area contributed by atoms with E-state index >= 15 is 0 Å². The molecule has 0 fully saturated rings. The van der Waals surface area contributed by atoms with Gasteiger partial charge < -0.3 is 9.47 Å². The summed E-state index contributed by atoms with van der Waals surface area (Å²) in [6.07, 6.45) is 3.77. The summed E-state index contributed by atoms with van der Waals surface area (Å²) >= 11 is 0. The van der Waals surface area contributed by atoms with Crippen molar-refractivity contribution < 1.29 is 0 Å². The van der Waals surface area contributed by atoms with Crippen LogP contribution in [0.5, 0.6) is 0 Å². The predicted octanol–water partition coefficient (Wildman–Crippen LogP) is 13.5. The summed E-state index contributed by atoms with van der Waals surface area (Å²) in [6.45, 7) is 0. The summed E-state index contributed by atoms with van der Waals surface area (Å²) in [5.41, 5.74) is 13.1. The lowest BCUT2D eigenvalue weighted by Gasteiger charge is -2.26. The monoisotopic (exact) mass is 729 g/mol. The number of pyridine rings is 2. The van der Waals surface area contributed by atoms with E-state index in [2.05, 4.69) is 202 Å². The van der Waals surface area contributed by atoms with E-state index in [0.29, 0.717) is 0 Å².